The summed E-state index contributed by atoms with van der Waals surface area (Å²) in [5.74, 6) is 0.264. The number of hydrogen-bond acceptors (Lipinski definition) is 6. The van der Waals surface area contributed by atoms with E-state index in [1.807, 2.05) is 43.3 Å². The van der Waals surface area contributed by atoms with Crippen molar-refractivity contribution in [1.29, 1.82) is 0 Å². The molecular formula is C25H23N5O2S. The third kappa shape index (κ3) is 3.45. The summed E-state index contributed by atoms with van der Waals surface area (Å²) < 4.78 is 0. The molecule has 6 rings (SSSR count). The van der Waals surface area contributed by atoms with Crippen LogP contribution in [0.1, 0.15) is 52.7 Å². The average molecular weight is 458 g/mol. The quantitative estimate of drug-likeness (QED) is 0.478. The van der Waals surface area contributed by atoms with E-state index in [0.717, 1.165) is 52.2 Å². The fraction of sp³-hybridized carbons (Fsp3) is 0.320. The third-order valence-electron chi connectivity index (χ3n) is 7.10. The molecule has 0 radical (unpaired) electrons. The third-order valence-corrected chi connectivity index (χ3v) is 8.12. The molecule has 0 bridgehead atoms. The molecule has 2 fully saturated rings. The van der Waals surface area contributed by atoms with Crippen LogP contribution in [0.3, 0.4) is 0 Å². The van der Waals surface area contributed by atoms with Crippen LogP contribution in [-0.2, 0) is 0 Å². The number of carbonyl (C=O) groups excluding carboxylic acids is 1. The van der Waals surface area contributed by atoms with E-state index >= 15 is 0 Å². The van der Waals surface area contributed by atoms with Gasteiger partial charge in [-0.05, 0) is 56.2 Å². The van der Waals surface area contributed by atoms with Gasteiger partial charge in [0.2, 0.25) is 0 Å². The summed E-state index contributed by atoms with van der Waals surface area (Å²) in [6, 6.07) is 11.7. The van der Waals surface area contributed by atoms with Crippen LogP contribution in [0.2, 0.25) is 0 Å². The van der Waals surface area contributed by atoms with Gasteiger partial charge >= 0.3 is 0 Å². The number of hydrogen-bond donors (Lipinski definition) is 2. The van der Waals surface area contributed by atoms with E-state index in [2.05, 4.69) is 25.5 Å². The summed E-state index contributed by atoms with van der Waals surface area (Å²) in [5.41, 5.74) is 2.62. The van der Waals surface area contributed by atoms with Crippen molar-refractivity contribution >= 4 is 28.0 Å². The summed E-state index contributed by atoms with van der Waals surface area (Å²) >= 11 is 1.53. The van der Waals surface area contributed by atoms with E-state index in [-0.39, 0.29) is 22.9 Å². The van der Waals surface area contributed by atoms with Crippen LogP contribution >= 0.6 is 11.3 Å². The summed E-state index contributed by atoms with van der Waals surface area (Å²) in [6.45, 7) is 1.94. The first kappa shape index (κ1) is 20.2. The first-order valence-electron chi connectivity index (χ1n) is 11.2. The van der Waals surface area contributed by atoms with Gasteiger partial charge in [-0.3, -0.25) is 14.6 Å². The molecule has 1 aromatic carbocycles. The van der Waals surface area contributed by atoms with Gasteiger partial charge in [-0.15, -0.1) is 11.3 Å². The first-order valence-corrected chi connectivity index (χ1v) is 12.0. The summed E-state index contributed by atoms with van der Waals surface area (Å²) in [5, 5.41) is 12.7. The number of benzene rings is 1. The van der Waals surface area contributed by atoms with Crippen molar-refractivity contribution in [2.45, 2.75) is 44.6 Å². The maximum Gasteiger partial charge on any atom is 0.272 e. The molecule has 0 atom stereocenters. The maximum atomic E-state index is 12.9. The second-order valence-corrected chi connectivity index (χ2v) is 10.5. The molecule has 166 valence electrons. The van der Waals surface area contributed by atoms with Gasteiger partial charge in [0.15, 0.2) is 0 Å². The van der Waals surface area contributed by atoms with E-state index in [0.29, 0.717) is 17.0 Å². The lowest BCUT2D eigenvalue weighted by atomic mass is 9.49. The molecule has 1 spiro atoms. The Hall–Kier alpha value is -3.39. The molecule has 4 aromatic rings. The number of nitrogens with one attached hydrogen (secondary N) is 2. The highest BCUT2D eigenvalue weighted by atomic mass is 32.1. The van der Waals surface area contributed by atoms with Crippen molar-refractivity contribution in [3.8, 4) is 10.6 Å². The first-order chi connectivity index (χ1) is 16.0. The monoisotopic (exact) mass is 457 g/mol. The van der Waals surface area contributed by atoms with Crippen LogP contribution in [-0.4, -0.2) is 32.1 Å². The fourth-order valence-electron chi connectivity index (χ4n) is 5.53. The Kier molecular flexibility index (Phi) is 4.65. The standard InChI is InChI=1S/C25H23N5O2S/c1-14-20(28-24(33-14)15-6-8-26-9-7-15)23(32)27-17-12-25(13-17)10-16(11-25)21-18-4-2-3-5-19(18)22(31)30-29-21/h2-9,16-17H,10-13H2,1H3,(H,27,32)(H,30,31)/t16-,17-,25?. The largest absolute Gasteiger partial charge is 0.348 e. The van der Waals surface area contributed by atoms with Crippen LogP contribution in [0.25, 0.3) is 21.3 Å². The van der Waals surface area contributed by atoms with E-state index in [1.54, 1.807) is 12.4 Å². The molecule has 0 aliphatic heterocycles. The Labute approximate surface area is 194 Å². The molecule has 8 heteroatoms. The van der Waals surface area contributed by atoms with Crippen LogP contribution in [0.5, 0.6) is 0 Å². The predicted molar refractivity (Wildman–Crippen MR) is 127 cm³/mol. The minimum Gasteiger partial charge on any atom is -0.348 e. The zero-order valence-corrected chi connectivity index (χ0v) is 19.0. The molecule has 0 saturated heterocycles. The number of H-pyrrole nitrogens is 1. The number of aryl methyl sites for hydroxylation is 1. The molecule has 3 heterocycles. The minimum atomic E-state index is -0.140. The normalized spacial score (nSPS) is 23.8. The Morgan fingerprint density at radius 1 is 1.09 bits per heavy atom. The summed E-state index contributed by atoms with van der Waals surface area (Å²) in [4.78, 5) is 34.5. The molecule has 3 aromatic heterocycles. The van der Waals surface area contributed by atoms with Crippen LogP contribution < -0.4 is 10.9 Å². The zero-order valence-electron chi connectivity index (χ0n) is 18.2. The summed E-state index contributed by atoms with van der Waals surface area (Å²) in [7, 11) is 0. The number of amides is 1. The average Bonchev–Trinajstić information content (AvgIpc) is 3.18. The molecule has 7 nitrogen and oxygen atoms in total. The van der Waals surface area contributed by atoms with Crippen LogP contribution in [0, 0.1) is 12.3 Å². The van der Waals surface area contributed by atoms with Crippen molar-refractivity contribution < 1.29 is 4.79 Å². The molecule has 2 N–H and O–H groups in total. The topological polar surface area (TPSA) is 101 Å². The van der Waals surface area contributed by atoms with E-state index < -0.39 is 0 Å². The predicted octanol–water partition coefficient (Wildman–Crippen LogP) is 4.21. The van der Waals surface area contributed by atoms with E-state index in [4.69, 9.17) is 0 Å². The lowest BCUT2D eigenvalue weighted by Gasteiger charge is -2.57. The van der Waals surface area contributed by atoms with Gasteiger partial charge < -0.3 is 5.32 Å². The molecule has 1 amide bonds. The molecule has 2 aliphatic rings. The number of aromatic nitrogens is 4. The van der Waals surface area contributed by atoms with E-state index in [1.165, 1.54) is 11.3 Å². The van der Waals surface area contributed by atoms with Crippen molar-refractivity contribution in [2.75, 3.05) is 0 Å². The molecular weight excluding hydrogens is 434 g/mol. The smallest absolute Gasteiger partial charge is 0.272 e. The zero-order chi connectivity index (χ0) is 22.6. The van der Waals surface area contributed by atoms with E-state index in [9.17, 15) is 9.59 Å². The highest BCUT2D eigenvalue weighted by molar-refractivity contribution is 7.15. The maximum absolute atomic E-state index is 12.9. The molecule has 2 aliphatic carbocycles. The lowest BCUT2D eigenvalue weighted by molar-refractivity contribution is -0.0197. The van der Waals surface area contributed by atoms with Crippen LogP contribution in [0.15, 0.2) is 53.6 Å². The number of aromatic amines is 1. The number of rotatable bonds is 4. The van der Waals surface area contributed by atoms with Gasteiger partial charge in [-0.2, -0.15) is 5.10 Å². The van der Waals surface area contributed by atoms with Crippen molar-refractivity contribution in [1.82, 2.24) is 25.5 Å². The summed E-state index contributed by atoms with van der Waals surface area (Å²) in [6.07, 6.45) is 7.52. The number of pyridine rings is 1. The SMILES string of the molecule is Cc1sc(-c2ccncc2)nc1C(=O)N[C@H]1CC2(C1)C[C@H](c1n[nH]c(=O)c3ccccc31)C2. The van der Waals surface area contributed by atoms with Gasteiger partial charge in [0.25, 0.3) is 11.5 Å². The Morgan fingerprint density at radius 3 is 2.58 bits per heavy atom. The van der Waals surface area contributed by atoms with Gasteiger partial charge in [0.1, 0.15) is 10.7 Å². The van der Waals surface area contributed by atoms with Gasteiger partial charge in [0.05, 0.1) is 11.1 Å². The number of carbonyl (C=O) groups is 1. The highest BCUT2D eigenvalue weighted by Crippen LogP contribution is 2.62. The second-order valence-electron chi connectivity index (χ2n) is 9.33. The number of fused-ring (bicyclic) bond motifs is 1. The van der Waals surface area contributed by atoms with Gasteiger partial charge in [-0.25, -0.2) is 10.1 Å². The van der Waals surface area contributed by atoms with Gasteiger partial charge in [0, 0.05) is 40.2 Å². The molecule has 33 heavy (non-hydrogen) atoms. The minimum absolute atomic E-state index is 0.0897. The van der Waals surface area contributed by atoms with Crippen molar-refractivity contribution in [3.63, 3.8) is 0 Å². The number of thiazole rings is 1. The Bertz CT molecular complexity index is 1410. The molecule has 2 saturated carbocycles. The van der Waals surface area contributed by atoms with Gasteiger partial charge in [-0.1, -0.05) is 18.2 Å². The Morgan fingerprint density at radius 2 is 1.82 bits per heavy atom. The fourth-order valence-corrected chi connectivity index (χ4v) is 6.44. The highest BCUT2D eigenvalue weighted by Gasteiger charge is 2.54. The van der Waals surface area contributed by atoms with Crippen molar-refractivity contribution in [3.05, 3.63) is 75.4 Å². The van der Waals surface area contributed by atoms with Crippen LogP contribution in [0.4, 0.5) is 0 Å². The lowest BCUT2D eigenvalue weighted by Crippen LogP contribution is -2.55. The van der Waals surface area contributed by atoms with Crippen molar-refractivity contribution in [2.24, 2.45) is 5.41 Å². The number of nitrogens with zero attached hydrogens (tertiary/aromatic N) is 3. The second kappa shape index (κ2) is 7.59. The molecule has 0 unspecified atom stereocenters. The Balaban J connectivity index is 1.09.